The molecule has 0 unspecified atom stereocenters. The van der Waals surface area contributed by atoms with E-state index in [1.807, 2.05) is 40.4 Å². The molecule has 3 aromatic heterocycles. The first-order valence-corrected chi connectivity index (χ1v) is 5.25. The number of imidazole rings is 2. The monoisotopic (exact) mass is 222 g/mol. The highest BCUT2D eigenvalue weighted by Crippen LogP contribution is 2.04. The Morgan fingerprint density at radius 3 is 2.82 bits per heavy atom. The standard InChI is InChI=1S/C13H10N4/c1-16-10-14-8-11(16)5-6-12-9-15-13-4-2-3-7-17(12)13/h2-4,7-10H,1H3. The summed E-state index contributed by atoms with van der Waals surface area (Å²) in [6, 6.07) is 5.87. The molecule has 0 N–H and O–H groups in total. The molecular formula is C13H10N4. The van der Waals surface area contributed by atoms with Gasteiger partial charge in [-0.25, -0.2) is 9.97 Å². The third-order valence-electron chi connectivity index (χ3n) is 2.55. The van der Waals surface area contributed by atoms with E-state index in [-0.39, 0.29) is 0 Å². The van der Waals surface area contributed by atoms with Gasteiger partial charge in [-0.3, -0.25) is 4.40 Å². The highest BCUT2D eigenvalue weighted by atomic mass is 15.0. The van der Waals surface area contributed by atoms with Crippen molar-refractivity contribution in [3.63, 3.8) is 0 Å². The van der Waals surface area contributed by atoms with Crippen molar-refractivity contribution in [1.29, 1.82) is 0 Å². The van der Waals surface area contributed by atoms with E-state index in [0.717, 1.165) is 17.0 Å². The van der Waals surface area contributed by atoms with Gasteiger partial charge in [-0.15, -0.1) is 0 Å². The number of aromatic nitrogens is 4. The van der Waals surface area contributed by atoms with Crippen molar-refractivity contribution in [2.45, 2.75) is 0 Å². The van der Waals surface area contributed by atoms with E-state index < -0.39 is 0 Å². The van der Waals surface area contributed by atoms with Crippen molar-refractivity contribution in [3.05, 3.63) is 54.5 Å². The van der Waals surface area contributed by atoms with Gasteiger partial charge in [-0.1, -0.05) is 6.07 Å². The summed E-state index contributed by atoms with van der Waals surface area (Å²) in [7, 11) is 1.92. The molecule has 0 fully saturated rings. The van der Waals surface area contributed by atoms with E-state index in [0.29, 0.717) is 0 Å². The second kappa shape index (κ2) is 3.80. The van der Waals surface area contributed by atoms with Gasteiger partial charge < -0.3 is 4.57 Å². The zero-order valence-corrected chi connectivity index (χ0v) is 9.33. The van der Waals surface area contributed by atoms with Crippen LogP contribution in [0, 0.1) is 11.8 Å². The lowest BCUT2D eigenvalue weighted by atomic mass is 10.4. The van der Waals surface area contributed by atoms with Crippen LogP contribution in [-0.4, -0.2) is 18.9 Å². The van der Waals surface area contributed by atoms with Crippen molar-refractivity contribution >= 4 is 5.65 Å². The molecule has 0 atom stereocenters. The quantitative estimate of drug-likeness (QED) is 0.540. The summed E-state index contributed by atoms with van der Waals surface area (Å²) in [5, 5.41) is 0. The first-order chi connectivity index (χ1) is 8.34. The fourth-order valence-corrected chi connectivity index (χ4v) is 1.63. The van der Waals surface area contributed by atoms with Crippen molar-refractivity contribution in [2.75, 3.05) is 0 Å². The lowest BCUT2D eigenvalue weighted by molar-refractivity contribution is 0.899. The predicted molar refractivity (Wildman–Crippen MR) is 64.4 cm³/mol. The van der Waals surface area contributed by atoms with Crippen molar-refractivity contribution in [2.24, 2.45) is 7.05 Å². The Morgan fingerprint density at radius 1 is 1.12 bits per heavy atom. The summed E-state index contributed by atoms with van der Waals surface area (Å²) < 4.78 is 3.85. The van der Waals surface area contributed by atoms with Gasteiger partial charge in [-0.05, 0) is 24.0 Å². The third kappa shape index (κ3) is 1.68. The minimum absolute atomic E-state index is 0.877. The molecule has 0 spiro atoms. The third-order valence-corrected chi connectivity index (χ3v) is 2.55. The predicted octanol–water partition coefficient (Wildman–Crippen LogP) is 1.47. The summed E-state index contributed by atoms with van der Waals surface area (Å²) in [6.07, 6.45) is 7.21. The molecule has 3 rings (SSSR count). The topological polar surface area (TPSA) is 35.1 Å². The minimum atomic E-state index is 0.877. The molecule has 3 aromatic rings. The molecule has 4 heteroatoms. The Bertz CT molecular complexity index is 724. The van der Waals surface area contributed by atoms with Gasteiger partial charge in [0.25, 0.3) is 0 Å². The number of aryl methyl sites for hydroxylation is 1. The van der Waals surface area contributed by atoms with Crippen LogP contribution in [0.3, 0.4) is 0 Å². The van der Waals surface area contributed by atoms with Crippen LogP contribution < -0.4 is 0 Å². The maximum atomic E-state index is 4.28. The molecule has 0 amide bonds. The average Bonchev–Trinajstić information content (AvgIpc) is 2.93. The maximum absolute atomic E-state index is 4.28. The van der Waals surface area contributed by atoms with Crippen LogP contribution >= 0.6 is 0 Å². The van der Waals surface area contributed by atoms with E-state index in [2.05, 4.69) is 21.8 Å². The molecule has 0 aliphatic rings. The summed E-state index contributed by atoms with van der Waals surface area (Å²) in [5.41, 5.74) is 2.67. The maximum Gasteiger partial charge on any atom is 0.137 e. The molecule has 0 saturated heterocycles. The Balaban J connectivity index is 2.07. The minimum Gasteiger partial charge on any atom is -0.327 e. The second-order valence-electron chi connectivity index (χ2n) is 3.71. The summed E-state index contributed by atoms with van der Waals surface area (Å²) in [4.78, 5) is 8.30. The Kier molecular flexibility index (Phi) is 2.16. The van der Waals surface area contributed by atoms with Gasteiger partial charge in [0.1, 0.15) is 17.0 Å². The highest BCUT2D eigenvalue weighted by Gasteiger charge is 1.98. The molecule has 0 radical (unpaired) electrons. The number of hydrogen-bond donors (Lipinski definition) is 0. The molecule has 82 valence electrons. The lowest BCUT2D eigenvalue weighted by Gasteiger charge is -1.93. The number of nitrogens with zero attached hydrogens (tertiary/aromatic N) is 4. The number of pyridine rings is 1. The first-order valence-electron chi connectivity index (χ1n) is 5.25. The molecule has 3 heterocycles. The Labute approximate surface area is 98.6 Å². The number of rotatable bonds is 0. The molecule has 0 aromatic carbocycles. The summed E-state index contributed by atoms with van der Waals surface area (Å²) in [5.74, 6) is 6.18. The highest BCUT2D eigenvalue weighted by molar-refractivity contribution is 5.46. The van der Waals surface area contributed by atoms with E-state index in [4.69, 9.17) is 0 Å². The Hall–Kier alpha value is -2.54. The number of fused-ring (bicyclic) bond motifs is 1. The number of hydrogen-bond acceptors (Lipinski definition) is 2. The molecular weight excluding hydrogens is 212 g/mol. The van der Waals surface area contributed by atoms with Gasteiger partial charge in [0, 0.05) is 13.2 Å². The molecule has 0 aliphatic carbocycles. The zero-order chi connectivity index (χ0) is 11.7. The smallest absolute Gasteiger partial charge is 0.137 e. The fourth-order valence-electron chi connectivity index (χ4n) is 1.63. The molecule has 0 bridgehead atoms. The van der Waals surface area contributed by atoms with Gasteiger partial charge in [0.15, 0.2) is 0 Å². The van der Waals surface area contributed by atoms with E-state index in [9.17, 15) is 0 Å². The van der Waals surface area contributed by atoms with Gasteiger partial charge >= 0.3 is 0 Å². The van der Waals surface area contributed by atoms with E-state index >= 15 is 0 Å². The largest absolute Gasteiger partial charge is 0.327 e. The molecule has 17 heavy (non-hydrogen) atoms. The normalized spacial score (nSPS) is 10.2. The van der Waals surface area contributed by atoms with Gasteiger partial charge in [0.05, 0.1) is 18.7 Å². The molecule has 0 saturated carbocycles. The van der Waals surface area contributed by atoms with E-state index in [1.54, 1.807) is 18.7 Å². The van der Waals surface area contributed by atoms with Crippen molar-refractivity contribution in [1.82, 2.24) is 18.9 Å². The van der Waals surface area contributed by atoms with E-state index in [1.165, 1.54) is 0 Å². The second-order valence-corrected chi connectivity index (χ2v) is 3.71. The fraction of sp³-hybridized carbons (Fsp3) is 0.0769. The summed E-state index contributed by atoms with van der Waals surface area (Å²) >= 11 is 0. The average molecular weight is 222 g/mol. The van der Waals surface area contributed by atoms with Crippen LogP contribution in [0.15, 0.2) is 43.1 Å². The summed E-state index contributed by atoms with van der Waals surface area (Å²) in [6.45, 7) is 0. The van der Waals surface area contributed by atoms with Crippen LogP contribution in [0.2, 0.25) is 0 Å². The molecule has 0 aliphatic heterocycles. The van der Waals surface area contributed by atoms with Crippen molar-refractivity contribution in [3.8, 4) is 11.8 Å². The van der Waals surface area contributed by atoms with Crippen LogP contribution in [0.5, 0.6) is 0 Å². The first kappa shape index (κ1) is 9.67. The lowest BCUT2D eigenvalue weighted by Crippen LogP contribution is -1.89. The van der Waals surface area contributed by atoms with Crippen LogP contribution in [-0.2, 0) is 7.05 Å². The van der Waals surface area contributed by atoms with Gasteiger partial charge in [0.2, 0.25) is 0 Å². The van der Waals surface area contributed by atoms with Crippen LogP contribution in [0.4, 0.5) is 0 Å². The van der Waals surface area contributed by atoms with Gasteiger partial charge in [-0.2, -0.15) is 0 Å². The van der Waals surface area contributed by atoms with Crippen LogP contribution in [0.25, 0.3) is 5.65 Å². The SMILES string of the molecule is Cn1cncc1C#Cc1cnc2ccccn12. The Morgan fingerprint density at radius 2 is 2.00 bits per heavy atom. The van der Waals surface area contributed by atoms with Crippen molar-refractivity contribution < 1.29 is 0 Å². The molecule has 4 nitrogen and oxygen atoms in total. The van der Waals surface area contributed by atoms with Crippen LogP contribution in [0.1, 0.15) is 11.4 Å². The zero-order valence-electron chi connectivity index (χ0n) is 9.33.